The minimum Gasteiger partial charge on any atom is -0.493 e. The Morgan fingerprint density at radius 1 is 1.03 bits per heavy atom. The number of amides is 1. The van der Waals surface area contributed by atoms with Crippen molar-refractivity contribution in [2.24, 2.45) is 0 Å². The van der Waals surface area contributed by atoms with Crippen molar-refractivity contribution in [1.29, 1.82) is 0 Å². The van der Waals surface area contributed by atoms with Crippen molar-refractivity contribution in [2.45, 2.75) is 12.7 Å². The molecule has 0 fully saturated rings. The van der Waals surface area contributed by atoms with Gasteiger partial charge in [0.1, 0.15) is 0 Å². The van der Waals surface area contributed by atoms with Gasteiger partial charge in [0.2, 0.25) is 5.75 Å². The van der Waals surface area contributed by atoms with E-state index in [0.717, 1.165) is 16.9 Å². The number of nitrogens with one attached hydrogen (secondary N) is 1. The van der Waals surface area contributed by atoms with E-state index in [2.05, 4.69) is 20.7 Å². The summed E-state index contributed by atoms with van der Waals surface area (Å²) in [6.45, 7) is 0.102. The first-order chi connectivity index (χ1) is 14.8. The SMILES string of the molecule is COc1cc(CNC(=O)c2nnn(-c3ccc(C(F)(F)F)cc3)n2)cc(OC)c1OC. The Labute approximate surface area is 174 Å². The molecule has 9 nitrogen and oxygen atoms in total. The van der Waals surface area contributed by atoms with Crippen molar-refractivity contribution in [2.75, 3.05) is 21.3 Å². The zero-order chi connectivity index (χ0) is 22.6. The third kappa shape index (κ3) is 4.85. The number of halogens is 3. The number of ether oxygens (including phenoxy) is 3. The summed E-state index contributed by atoms with van der Waals surface area (Å²) in [6, 6.07) is 7.50. The maximum atomic E-state index is 12.7. The third-order valence-electron chi connectivity index (χ3n) is 4.22. The van der Waals surface area contributed by atoms with E-state index >= 15 is 0 Å². The Bertz CT molecular complexity index is 1040. The standard InChI is InChI=1S/C19H18F3N5O4/c1-29-14-8-11(9-15(30-2)16(14)31-3)10-23-18(28)17-24-26-27(25-17)13-6-4-12(5-7-13)19(20,21)22/h4-9H,10H2,1-3H3,(H,23,28). The summed E-state index contributed by atoms with van der Waals surface area (Å²) >= 11 is 0. The lowest BCUT2D eigenvalue weighted by molar-refractivity contribution is -0.137. The molecule has 12 heteroatoms. The van der Waals surface area contributed by atoms with Gasteiger partial charge in [-0.2, -0.15) is 13.2 Å². The van der Waals surface area contributed by atoms with E-state index in [1.54, 1.807) is 12.1 Å². The van der Waals surface area contributed by atoms with Gasteiger partial charge < -0.3 is 19.5 Å². The molecule has 164 valence electrons. The first-order valence-corrected chi connectivity index (χ1v) is 8.81. The fourth-order valence-electron chi connectivity index (χ4n) is 2.70. The molecule has 3 rings (SSSR count). The van der Waals surface area contributed by atoms with E-state index in [1.165, 1.54) is 33.5 Å². The number of rotatable bonds is 7. The van der Waals surface area contributed by atoms with Gasteiger partial charge >= 0.3 is 6.18 Å². The zero-order valence-corrected chi connectivity index (χ0v) is 16.7. The van der Waals surface area contributed by atoms with Gasteiger partial charge in [-0.3, -0.25) is 4.79 Å². The van der Waals surface area contributed by atoms with Gasteiger partial charge in [0.05, 0.1) is 32.6 Å². The average Bonchev–Trinajstić information content (AvgIpc) is 3.26. The van der Waals surface area contributed by atoms with Crippen LogP contribution in [0.1, 0.15) is 21.7 Å². The molecule has 2 aromatic carbocycles. The molecule has 31 heavy (non-hydrogen) atoms. The number of tetrazole rings is 1. The number of nitrogens with zero attached hydrogens (tertiary/aromatic N) is 4. The van der Waals surface area contributed by atoms with Gasteiger partial charge in [0.25, 0.3) is 11.7 Å². The summed E-state index contributed by atoms with van der Waals surface area (Å²) in [4.78, 5) is 13.3. The molecule has 0 bridgehead atoms. The Balaban J connectivity index is 1.71. The summed E-state index contributed by atoms with van der Waals surface area (Å²) < 4.78 is 53.8. The van der Waals surface area contributed by atoms with Crippen molar-refractivity contribution in [3.05, 3.63) is 53.3 Å². The van der Waals surface area contributed by atoms with Crippen LogP contribution in [0.15, 0.2) is 36.4 Å². The smallest absolute Gasteiger partial charge is 0.416 e. The summed E-state index contributed by atoms with van der Waals surface area (Å²) in [6.07, 6.45) is -4.45. The van der Waals surface area contributed by atoms with E-state index in [9.17, 15) is 18.0 Å². The molecule has 0 saturated heterocycles. The summed E-state index contributed by atoms with van der Waals surface area (Å²) in [5.74, 6) is 0.412. The Hall–Kier alpha value is -3.83. The van der Waals surface area contributed by atoms with Crippen LogP contribution in [0.5, 0.6) is 17.2 Å². The van der Waals surface area contributed by atoms with Crippen LogP contribution in [0.4, 0.5) is 13.2 Å². The highest BCUT2D eigenvalue weighted by Crippen LogP contribution is 2.38. The van der Waals surface area contributed by atoms with Crippen LogP contribution in [0, 0.1) is 0 Å². The molecule has 1 heterocycles. The number of hydrogen-bond donors (Lipinski definition) is 1. The number of carbonyl (C=O) groups is 1. The van der Waals surface area contributed by atoms with E-state index in [-0.39, 0.29) is 18.1 Å². The van der Waals surface area contributed by atoms with E-state index < -0.39 is 17.6 Å². The normalized spacial score (nSPS) is 11.2. The lowest BCUT2D eigenvalue weighted by Gasteiger charge is -2.14. The molecule has 1 aromatic heterocycles. The highest BCUT2D eigenvalue weighted by atomic mass is 19.4. The molecule has 3 aromatic rings. The van der Waals surface area contributed by atoms with Crippen LogP contribution in [0.2, 0.25) is 0 Å². The number of carbonyl (C=O) groups excluding carboxylic acids is 1. The number of aromatic nitrogens is 4. The average molecular weight is 437 g/mol. The first-order valence-electron chi connectivity index (χ1n) is 8.81. The number of methoxy groups -OCH3 is 3. The predicted molar refractivity (Wildman–Crippen MR) is 101 cm³/mol. The molecule has 0 spiro atoms. The highest BCUT2D eigenvalue weighted by Gasteiger charge is 2.30. The largest absolute Gasteiger partial charge is 0.493 e. The van der Waals surface area contributed by atoms with Crippen molar-refractivity contribution >= 4 is 5.91 Å². The molecular formula is C19H18F3N5O4. The summed E-state index contributed by atoms with van der Waals surface area (Å²) in [5.41, 5.74) is 0.0850. The van der Waals surface area contributed by atoms with E-state index in [1.807, 2.05) is 0 Å². The second-order valence-corrected chi connectivity index (χ2v) is 6.16. The second-order valence-electron chi connectivity index (χ2n) is 6.16. The van der Waals surface area contributed by atoms with Gasteiger partial charge in [-0.25, -0.2) is 0 Å². The minimum absolute atomic E-state index is 0.102. The van der Waals surface area contributed by atoms with Gasteiger partial charge in [-0.15, -0.1) is 15.0 Å². The molecule has 1 N–H and O–H groups in total. The van der Waals surface area contributed by atoms with Crippen molar-refractivity contribution < 1.29 is 32.2 Å². The maximum Gasteiger partial charge on any atom is 0.416 e. The van der Waals surface area contributed by atoms with Crippen LogP contribution < -0.4 is 19.5 Å². The van der Waals surface area contributed by atoms with Gasteiger partial charge in [0, 0.05) is 6.54 Å². The molecule has 0 aliphatic carbocycles. The van der Waals surface area contributed by atoms with E-state index in [4.69, 9.17) is 14.2 Å². The molecule has 0 saturated carbocycles. The molecular weight excluding hydrogens is 419 g/mol. The number of benzene rings is 2. The second kappa shape index (κ2) is 8.90. The number of alkyl halides is 3. The maximum absolute atomic E-state index is 12.7. The van der Waals surface area contributed by atoms with Crippen LogP contribution in [-0.4, -0.2) is 47.4 Å². The Morgan fingerprint density at radius 3 is 2.16 bits per heavy atom. The van der Waals surface area contributed by atoms with Crippen LogP contribution in [0.3, 0.4) is 0 Å². The minimum atomic E-state index is -4.45. The van der Waals surface area contributed by atoms with Crippen LogP contribution in [0.25, 0.3) is 5.69 Å². The number of hydrogen-bond acceptors (Lipinski definition) is 7. The van der Waals surface area contributed by atoms with Crippen molar-refractivity contribution in [3.63, 3.8) is 0 Å². The first kappa shape index (κ1) is 21.9. The van der Waals surface area contributed by atoms with E-state index in [0.29, 0.717) is 22.8 Å². The monoisotopic (exact) mass is 437 g/mol. The highest BCUT2D eigenvalue weighted by molar-refractivity contribution is 5.90. The quantitative estimate of drug-likeness (QED) is 0.607. The van der Waals surface area contributed by atoms with Gasteiger partial charge in [-0.1, -0.05) is 0 Å². The Kier molecular flexibility index (Phi) is 6.28. The molecule has 1 amide bonds. The topological polar surface area (TPSA) is 100 Å². The van der Waals surface area contributed by atoms with Gasteiger partial charge in [0.15, 0.2) is 11.5 Å². The van der Waals surface area contributed by atoms with Crippen LogP contribution >= 0.6 is 0 Å². The molecule has 0 aliphatic rings. The van der Waals surface area contributed by atoms with Crippen molar-refractivity contribution in [1.82, 2.24) is 25.5 Å². The third-order valence-corrected chi connectivity index (χ3v) is 4.22. The fourth-order valence-corrected chi connectivity index (χ4v) is 2.70. The lowest BCUT2D eigenvalue weighted by atomic mass is 10.1. The van der Waals surface area contributed by atoms with Gasteiger partial charge in [-0.05, 0) is 47.2 Å². The molecule has 0 radical (unpaired) electrons. The zero-order valence-electron chi connectivity index (χ0n) is 16.7. The lowest BCUT2D eigenvalue weighted by Crippen LogP contribution is -2.24. The predicted octanol–water partition coefficient (Wildman–Crippen LogP) is 2.64. The molecule has 0 unspecified atom stereocenters. The summed E-state index contributed by atoms with van der Waals surface area (Å²) in [7, 11) is 4.43. The molecule has 0 atom stereocenters. The molecule has 0 aliphatic heterocycles. The Morgan fingerprint density at radius 2 is 1.65 bits per heavy atom. The van der Waals surface area contributed by atoms with Crippen LogP contribution in [-0.2, 0) is 12.7 Å². The summed E-state index contributed by atoms with van der Waals surface area (Å²) in [5, 5.41) is 13.9. The fraction of sp³-hybridized carbons (Fsp3) is 0.263. The van der Waals surface area contributed by atoms with Crippen molar-refractivity contribution in [3.8, 4) is 22.9 Å².